The van der Waals surface area contributed by atoms with E-state index in [1.165, 1.54) is 132 Å². The van der Waals surface area contributed by atoms with Gasteiger partial charge in [0.25, 0.3) is 6.71 Å². The standard InChI is InChI=1S/C51H55BN2/c1-51(2,40-21-11-5-12-22-40)41-34-48-50-49(35-41)54(43-30-27-38(28-31-43)36-17-7-3-8-18-36)47-32-29-39(37-19-9-4-10-20-37)33-45(47)52(50)44-25-15-16-26-46(44)53(48)42-23-13-6-14-24-42/h5-6,11,13-16,21,23-27,29-30,32-37H,3-4,7-10,12,17-20,22,28,31H2,1-2H3. The van der Waals surface area contributed by atoms with E-state index < -0.39 is 0 Å². The summed E-state index contributed by atoms with van der Waals surface area (Å²) in [4.78, 5) is 5.32. The first-order chi connectivity index (χ1) is 26.6. The lowest BCUT2D eigenvalue weighted by Crippen LogP contribution is -2.62. The summed E-state index contributed by atoms with van der Waals surface area (Å²) in [6.07, 6.45) is 30.2. The molecule has 0 N–H and O–H groups in total. The lowest BCUT2D eigenvalue weighted by atomic mass is 9.33. The van der Waals surface area contributed by atoms with Crippen molar-refractivity contribution in [1.82, 2.24) is 0 Å². The maximum Gasteiger partial charge on any atom is 0.252 e. The van der Waals surface area contributed by atoms with Crippen LogP contribution in [0.4, 0.5) is 28.4 Å². The minimum absolute atomic E-state index is 0.114. The number of anilines is 5. The third-order valence-electron chi connectivity index (χ3n) is 14.2. The van der Waals surface area contributed by atoms with Gasteiger partial charge in [0, 0.05) is 39.5 Å². The summed E-state index contributed by atoms with van der Waals surface area (Å²) in [5.41, 5.74) is 18.5. The van der Waals surface area contributed by atoms with Crippen LogP contribution < -0.4 is 26.2 Å². The molecular weight excluding hydrogens is 651 g/mol. The van der Waals surface area contributed by atoms with Crippen LogP contribution in [0.1, 0.15) is 121 Å². The van der Waals surface area contributed by atoms with E-state index in [1.807, 2.05) is 0 Å². The van der Waals surface area contributed by atoms with Gasteiger partial charge in [0.05, 0.1) is 0 Å². The highest BCUT2D eigenvalue weighted by Crippen LogP contribution is 2.48. The van der Waals surface area contributed by atoms with Gasteiger partial charge in [0.15, 0.2) is 0 Å². The predicted molar refractivity (Wildman–Crippen MR) is 232 cm³/mol. The monoisotopic (exact) mass is 706 g/mol. The van der Waals surface area contributed by atoms with E-state index >= 15 is 0 Å². The smallest absolute Gasteiger partial charge is 0.252 e. The van der Waals surface area contributed by atoms with Gasteiger partial charge in [0.2, 0.25) is 0 Å². The fourth-order valence-electron chi connectivity index (χ4n) is 11.1. The van der Waals surface area contributed by atoms with Crippen molar-refractivity contribution in [2.24, 2.45) is 5.92 Å². The molecule has 4 aliphatic carbocycles. The highest BCUT2D eigenvalue weighted by molar-refractivity contribution is 7.00. The van der Waals surface area contributed by atoms with Crippen molar-refractivity contribution in [3.05, 3.63) is 143 Å². The molecule has 0 bridgehead atoms. The molecule has 0 saturated heterocycles. The largest absolute Gasteiger partial charge is 0.315 e. The second kappa shape index (κ2) is 14.0. The van der Waals surface area contributed by atoms with E-state index in [4.69, 9.17) is 0 Å². The predicted octanol–water partition coefficient (Wildman–Crippen LogP) is 12.2. The third kappa shape index (κ3) is 5.76. The van der Waals surface area contributed by atoms with Crippen LogP contribution >= 0.6 is 0 Å². The van der Waals surface area contributed by atoms with Crippen molar-refractivity contribution in [2.75, 3.05) is 9.80 Å². The number of nitrogens with zero attached hydrogens (tertiary/aromatic N) is 2. The Morgan fingerprint density at radius 2 is 1.30 bits per heavy atom. The molecule has 4 aromatic carbocycles. The first-order valence-corrected chi connectivity index (χ1v) is 21.4. The van der Waals surface area contributed by atoms with Gasteiger partial charge in [-0.15, -0.1) is 0 Å². The molecule has 2 nitrogen and oxygen atoms in total. The van der Waals surface area contributed by atoms with E-state index in [9.17, 15) is 0 Å². The van der Waals surface area contributed by atoms with Gasteiger partial charge in [-0.3, -0.25) is 0 Å². The van der Waals surface area contributed by atoms with E-state index in [-0.39, 0.29) is 12.1 Å². The summed E-state index contributed by atoms with van der Waals surface area (Å²) >= 11 is 0. The molecule has 6 aliphatic rings. The molecule has 0 aromatic heterocycles. The zero-order chi connectivity index (χ0) is 36.2. The van der Waals surface area contributed by atoms with Gasteiger partial charge in [0.1, 0.15) is 0 Å². The highest BCUT2D eigenvalue weighted by atomic mass is 15.2. The van der Waals surface area contributed by atoms with Crippen LogP contribution in [0.2, 0.25) is 0 Å². The summed E-state index contributed by atoms with van der Waals surface area (Å²) in [7, 11) is 0. The lowest BCUT2D eigenvalue weighted by molar-refractivity contribution is 0.393. The van der Waals surface area contributed by atoms with E-state index in [0.717, 1.165) is 25.2 Å². The molecule has 0 amide bonds. The fourth-order valence-corrected chi connectivity index (χ4v) is 11.1. The number of allylic oxidation sites excluding steroid dienone is 8. The van der Waals surface area contributed by atoms with Crippen molar-refractivity contribution < 1.29 is 0 Å². The van der Waals surface area contributed by atoms with Gasteiger partial charge in [-0.25, -0.2) is 0 Å². The minimum Gasteiger partial charge on any atom is -0.315 e. The molecular formula is C51H55BN2. The van der Waals surface area contributed by atoms with Gasteiger partial charge in [-0.1, -0.05) is 136 Å². The van der Waals surface area contributed by atoms with Gasteiger partial charge in [-0.2, -0.15) is 0 Å². The summed E-state index contributed by atoms with van der Waals surface area (Å²) in [5, 5.41) is 0. The second-order valence-corrected chi connectivity index (χ2v) is 17.6. The number of hydrogen-bond donors (Lipinski definition) is 0. The maximum atomic E-state index is 2.73. The fraction of sp³-hybridized carbons (Fsp3) is 0.373. The summed E-state index contributed by atoms with van der Waals surface area (Å²) in [5.74, 6) is 1.44. The quantitative estimate of drug-likeness (QED) is 0.162. The first-order valence-electron chi connectivity index (χ1n) is 21.4. The van der Waals surface area contributed by atoms with E-state index in [2.05, 4.69) is 139 Å². The van der Waals surface area contributed by atoms with Crippen molar-refractivity contribution in [1.29, 1.82) is 0 Å². The van der Waals surface area contributed by atoms with Crippen LogP contribution in [-0.2, 0) is 5.41 Å². The molecule has 2 fully saturated rings. The molecule has 272 valence electrons. The number of para-hydroxylation sites is 2. The minimum atomic E-state index is -0.114. The van der Waals surface area contributed by atoms with Crippen LogP contribution in [0.25, 0.3) is 0 Å². The second-order valence-electron chi connectivity index (χ2n) is 17.6. The Hall–Kier alpha value is -4.50. The maximum absolute atomic E-state index is 2.73. The first kappa shape index (κ1) is 34.0. The molecule has 2 heterocycles. The van der Waals surface area contributed by atoms with Crippen LogP contribution in [0.3, 0.4) is 0 Å². The van der Waals surface area contributed by atoms with Crippen LogP contribution in [0.5, 0.6) is 0 Å². The van der Waals surface area contributed by atoms with Crippen molar-refractivity contribution in [3.8, 4) is 0 Å². The normalized spacial score (nSPS) is 20.1. The summed E-state index contributed by atoms with van der Waals surface area (Å²) in [6.45, 7) is 5.10. The Kier molecular flexibility index (Phi) is 8.81. The number of hydrogen-bond acceptors (Lipinski definition) is 2. The van der Waals surface area contributed by atoms with Gasteiger partial charge < -0.3 is 9.80 Å². The zero-order valence-electron chi connectivity index (χ0n) is 32.5. The molecule has 0 atom stereocenters. The number of rotatable bonds is 6. The summed E-state index contributed by atoms with van der Waals surface area (Å²) in [6, 6.07) is 33.3. The Bertz CT molecular complexity index is 2190. The van der Waals surface area contributed by atoms with Crippen LogP contribution in [0.15, 0.2) is 132 Å². The number of benzene rings is 4. The zero-order valence-corrected chi connectivity index (χ0v) is 32.5. The Morgan fingerprint density at radius 3 is 2.02 bits per heavy atom. The molecule has 0 unspecified atom stereocenters. The molecule has 10 rings (SSSR count). The van der Waals surface area contributed by atoms with Crippen molar-refractivity contribution >= 4 is 51.5 Å². The third-order valence-corrected chi connectivity index (χ3v) is 14.2. The van der Waals surface area contributed by atoms with Gasteiger partial charge >= 0.3 is 0 Å². The number of fused-ring (bicyclic) bond motifs is 4. The van der Waals surface area contributed by atoms with Crippen molar-refractivity contribution in [2.45, 2.75) is 115 Å². The molecule has 2 saturated carbocycles. The van der Waals surface area contributed by atoms with Crippen molar-refractivity contribution in [3.63, 3.8) is 0 Å². The molecule has 3 heteroatoms. The lowest BCUT2D eigenvalue weighted by Gasteiger charge is -2.46. The van der Waals surface area contributed by atoms with E-state index in [0.29, 0.717) is 5.92 Å². The van der Waals surface area contributed by atoms with Crippen LogP contribution in [-0.4, -0.2) is 6.71 Å². The molecule has 2 aliphatic heterocycles. The molecule has 54 heavy (non-hydrogen) atoms. The topological polar surface area (TPSA) is 6.48 Å². The van der Waals surface area contributed by atoms with E-state index in [1.54, 1.807) is 11.1 Å². The molecule has 0 spiro atoms. The Morgan fingerprint density at radius 1 is 0.593 bits per heavy atom. The highest BCUT2D eigenvalue weighted by Gasteiger charge is 2.45. The average molecular weight is 707 g/mol. The average Bonchev–Trinajstić information content (AvgIpc) is 3.24. The molecule has 0 radical (unpaired) electrons. The van der Waals surface area contributed by atoms with Crippen LogP contribution in [0, 0.1) is 5.92 Å². The van der Waals surface area contributed by atoms with Gasteiger partial charge in [-0.05, 0) is 133 Å². The Balaban J connectivity index is 1.23. The summed E-state index contributed by atoms with van der Waals surface area (Å²) < 4.78 is 0. The SMILES string of the molecule is CC(C)(C1=CC=CCC1)c1cc2c3c(c1)N(c1ccccc1)c1ccccc1B3c1cc(C3CCCCC3)ccc1N2C1=CC=C(C2CCCCC2)CC1. The molecule has 4 aromatic rings. The Labute approximate surface area is 324 Å².